The summed E-state index contributed by atoms with van der Waals surface area (Å²) >= 11 is 0. The van der Waals surface area contributed by atoms with E-state index in [1.54, 1.807) is 32.2 Å². The number of rotatable bonds is 7. The minimum absolute atomic E-state index is 0.0883. The Morgan fingerprint density at radius 1 is 1.19 bits per heavy atom. The fourth-order valence-electron chi connectivity index (χ4n) is 3.20. The molecule has 162 valence electrons. The third kappa shape index (κ3) is 4.62. The average molecular weight is 442 g/mol. The molecular weight excluding hydrogens is 418 g/mol. The number of nitrogens with two attached hydrogens (primary N) is 1. The summed E-state index contributed by atoms with van der Waals surface area (Å²) in [7, 11) is -2.32. The van der Waals surface area contributed by atoms with Gasteiger partial charge in [0.05, 0.1) is 35.6 Å². The van der Waals surface area contributed by atoms with E-state index in [2.05, 4.69) is 5.10 Å². The van der Waals surface area contributed by atoms with Crippen molar-refractivity contribution in [1.82, 2.24) is 0 Å². The van der Waals surface area contributed by atoms with Crippen LogP contribution in [0.3, 0.4) is 0 Å². The van der Waals surface area contributed by atoms with E-state index in [9.17, 15) is 13.2 Å². The van der Waals surface area contributed by atoms with Gasteiger partial charge in [-0.05, 0) is 67.7 Å². The molecule has 1 fully saturated rings. The van der Waals surface area contributed by atoms with Crippen molar-refractivity contribution >= 4 is 33.4 Å². The van der Waals surface area contributed by atoms with Crippen molar-refractivity contribution in [3.63, 3.8) is 0 Å². The molecule has 1 aliphatic carbocycles. The lowest BCUT2D eigenvalue weighted by molar-refractivity contribution is -0.114. The van der Waals surface area contributed by atoms with E-state index in [0.717, 1.165) is 5.56 Å². The molecule has 1 aliphatic heterocycles. The molecule has 0 spiro atoms. The number of benzene rings is 2. The van der Waals surface area contributed by atoms with E-state index in [1.165, 1.54) is 36.0 Å². The van der Waals surface area contributed by atoms with Crippen molar-refractivity contribution in [2.24, 2.45) is 16.2 Å². The molecule has 1 amide bonds. The van der Waals surface area contributed by atoms with Crippen LogP contribution in [-0.2, 0) is 14.8 Å². The number of hydrogen-bond donors (Lipinski definition) is 1. The second-order valence-corrected chi connectivity index (χ2v) is 9.13. The van der Waals surface area contributed by atoms with Crippen LogP contribution in [0.4, 0.5) is 5.69 Å². The van der Waals surface area contributed by atoms with Gasteiger partial charge < -0.3 is 9.47 Å². The van der Waals surface area contributed by atoms with Crippen molar-refractivity contribution < 1.29 is 22.7 Å². The van der Waals surface area contributed by atoms with Crippen LogP contribution >= 0.6 is 0 Å². The summed E-state index contributed by atoms with van der Waals surface area (Å²) in [4.78, 5) is 12.9. The van der Waals surface area contributed by atoms with Crippen molar-refractivity contribution in [1.29, 1.82) is 0 Å². The van der Waals surface area contributed by atoms with Crippen LogP contribution in [-0.4, -0.2) is 33.8 Å². The van der Waals surface area contributed by atoms with Crippen molar-refractivity contribution in [3.8, 4) is 11.5 Å². The number of carbonyl (C=O) groups excluding carboxylic acids is 1. The zero-order chi connectivity index (χ0) is 22.2. The lowest BCUT2D eigenvalue weighted by Gasteiger charge is -2.13. The number of ether oxygens (including phenoxy) is 2. The van der Waals surface area contributed by atoms with Crippen LogP contribution in [0.2, 0.25) is 0 Å². The zero-order valence-corrected chi connectivity index (χ0v) is 18.1. The van der Waals surface area contributed by atoms with Gasteiger partial charge in [-0.1, -0.05) is 12.1 Å². The highest BCUT2D eigenvalue weighted by atomic mass is 32.2. The van der Waals surface area contributed by atoms with Gasteiger partial charge in [0.1, 0.15) is 0 Å². The van der Waals surface area contributed by atoms with E-state index < -0.39 is 10.0 Å². The maximum absolute atomic E-state index is 13.0. The Balaban J connectivity index is 1.59. The van der Waals surface area contributed by atoms with Gasteiger partial charge in [0, 0.05) is 0 Å². The number of amides is 1. The molecule has 0 aromatic heterocycles. The van der Waals surface area contributed by atoms with E-state index in [4.69, 9.17) is 14.6 Å². The molecule has 2 aliphatic rings. The van der Waals surface area contributed by atoms with Crippen LogP contribution in [0.15, 0.2) is 58.0 Å². The molecule has 8 nitrogen and oxygen atoms in total. The quantitative estimate of drug-likeness (QED) is 0.664. The standard InChI is InChI=1S/C22H23N3O5S/c1-14-19(10-16-8-9-20(21(11-16)29-2)30-13-15-6-7-15)22(26)25(24-14)17-4-3-5-18(12-17)31(23,27)28/h3-5,8-12,15H,6-7,13H2,1-2H3,(H2,23,27,28)/b19-10-. The minimum Gasteiger partial charge on any atom is -0.493 e. The number of carbonyl (C=O) groups is 1. The molecule has 0 atom stereocenters. The molecule has 0 radical (unpaired) electrons. The Labute approximate surface area is 181 Å². The molecule has 2 aromatic carbocycles. The second kappa shape index (κ2) is 8.16. The van der Waals surface area contributed by atoms with Gasteiger partial charge in [-0.15, -0.1) is 0 Å². The van der Waals surface area contributed by atoms with Gasteiger partial charge in [0.2, 0.25) is 10.0 Å². The first-order chi connectivity index (χ1) is 14.8. The van der Waals surface area contributed by atoms with Crippen LogP contribution in [0.25, 0.3) is 6.08 Å². The summed E-state index contributed by atoms with van der Waals surface area (Å²) in [6.45, 7) is 2.39. The van der Waals surface area contributed by atoms with E-state index in [0.29, 0.717) is 41.0 Å². The number of anilines is 1. The van der Waals surface area contributed by atoms with Crippen molar-refractivity contribution in [2.75, 3.05) is 18.7 Å². The molecule has 31 heavy (non-hydrogen) atoms. The third-order valence-corrected chi connectivity index (χ3v) is 6.03. The summed E-state index contributed by atoms with van der Waals surface area (Å²) in [6.07, 6.45) is 4.12. The van der Waals surface area contributed by atoms with Gasteiger partial charge in [-0.25, -0.2) is 13.6 Å². The summed E-state index contributed by atoms with van der Waals surface area (Å²) < 4.78 is 34.5. The normalized spacial score (nSPS) is 17.8. The first-order valence-electron chi connectivity index (χ1n) is 9.81. The van der Waals surface area contributed by atoms with Gasteiger partial charge in [0.15, 0.2) is 11.5 Å². The lowest BCUT2D eigenvalue weighted by atomic mass is 10.1. The Morgan fingerprint density at radius 3 is 2.65 bits per heavy atom. The van der Waals surface area contributed by atoms with Gasteiger partial charge in [-0.3, -0.25) is 4.79 Å². The number of hydrazone groups is 1. The Bertz CT molecular complexity index is 1200. The summed E-state index contributed by atoms with van der Waals surface area (Å²) in [6, 6.07) is 11.3. The van der Waals surface area contributed by atoms with Gasteiger partial charge in [-0.2, -0.15) is 10.1 Å². The van der Waals surface area contributed by atoms with Crippen molar-refractivity contribution in [3.05, 3.63) is 53.6 Å². The Hall–Kier alpha value is -3.17. The fraction of sp³-hybridized carbons (Fsp3) is 0.273. The van der Waals surface area contributed by atoms with Crippen LogP contribution < -0.4 is 19.6 Å². The zero-order valence-electron chi connectivity index (χ0n) is 17.2. The van der Waals surface area contributed by atoms with Gasteiger partial charge >= 0.3 is 0 Å². The molecule has 9 heteroatoms. The van der Waals surface area contributed by atoms with E-state index in [1.807, 2.05) is 12.1 Å². The predicted molar refractivity (Wildman–Crippen MR) is 118 cm³/mol. The average Bonchev–Trinajstić information content (AvgIpc) is 3.53. The maximum Gasteiger partial charge on any atom is 0.280 e. The largest absolute Gasteiger partial charge is 0.493 e. The van der Waals surface area contributed by atoms with Crippen LogP contribution in [0, 0.1) is 5.92 Å². The second-order valence-electron chi connectivity index (χ2n) is 7.57. The minimum atomic E-state index is -3.89. The highest BCUT2D eigenvalue weighted by molar-refractivity contribution is 7.89. The van der Waals surface area contributed by atoms with Crippen LogP contribution in [0.1, 0.15) is 25.3 Å². The van der Waals surface area contributed by atoms with Crippen LogP contribution in [0.5, 0.6) is 11.5 Å². The highest BCUT2D eigenvalue weighted by Crippen LogP contribution is 2.34. The lowest BCUT2D eigenvalue weighted by Crippen LogP contribution is -2.22. The number of nitrogens with zero attached hydrogens (tertiary/aromatic N) is 2. The Kier molecular flexibility index (Phi) is 5.55. The summed E-state index contributed by atoms with van der Waals surface area (Å²) in [5.74, 6) is 1.52. The SMILES string of the molecule is COc1cc(/C=C2\C(=O)N(c3cccc(S(N)(=O)=O)c3)N=C2C)ccc1OCC1CC1. The molecule has 2 N–H and O–H groups in total. The molecule has 4 rings (SSSR count). The highest BCUT2D eigenvalue weighted by Gasteiger charge is 2.29. The first-order valence-corrected chi connectivity index (χ1v) is 11.4. The summed E-state index contributed by atoms with van der Waals surface area (Å²) in [5, 5.41) is 10.7. The topological polar surface area (TPSA) is 111 Å². The van der Waals surface area contributed by atoms with Crippen molar-refractivity contribution in [2.45, 2.75) is 24.7 Å². The third-order valence-electron chi connectivity index (χ3n) is 5.12. The number of methoxy groups -OCH3 is 1. The van der Waals surface area contributed by atoms with Gasteiger partial charge in [0.25, 0.3) is 5.91 Å². The van der Waals surface area contributed by atoms with E-state index >= 15 is 0 Å². The molecular formula is C22H23N3O5S. The molecule has 0 bridgehead atoms. The Morgan fingerprint density at radius 2 is 1.97 bits per heavy atom. The number of primary sulfonamides is 1. The number of sulfonamides is 1. The molecule has 0 unspecified atom stereocenters. The maximum atomic E-state index is 13.0. The number of hydrogen-bond acceptors (Lipinski definition) is 6. The monoisotopic (exact) mass is 441 g/mol. The molecule has 2 aromatic rings. The molecule has 1 heterocycles. The predicted octanol–water partition coefficient (Wildman–Crippen LogP) is 2.94. The fourth-order valence-corrected chi connectivity index (χ4v) is 3.76. The van der Waals surface area contributed by atoms with E-state index in [-0.39, 0.29) is 10.8 Å². The summed E-state index contributed by atoms with van der Waals surface area (Å²) in [5.41, 5.74) is 1.99. The molecule has 1 saturated carbocycles. The smallest absolute Gasteiger partial charge is 0.280 e. The molecule has 0 saturated heterocycles. The first kappa shape index (κ1) is 21.1.